The van der Waals surface area contributed by atoms with Gasteiger partial charge in [0.05, 0.1) is 34.1 Å². The molecule has 0 saturated heterocycles. The molecule has 4 aromatic rings. The van der Waals surface area contributed by atoms with Crippen LogP contribution in [0.15, 0.2) is 30.3 Å². The van der Waals surface area contributed by atoms with Crippen LogP contribution in [0.25, 0.3) is 16.9 Å². The number of methoxy groups -OCH3 is 4. The highest BCUT2D eigenvalue weighted by Gasteiger charge is 2.24. The molecule has 2 aromatic carbocycles. The number of nitrogens with one attached hydrogen (secondary N) is 1. The first-order chi connectivity index (χ1) is 15.6. The van der Waals surface area contributed by atoms with E-state index in [0.29, 0.717) is 41.1 Å². The minimum atomic E-state index is 0.536. The number of fused-ring (bicyclic) bond motifs is 2. The van der Waals surface area contributed by atoms with Gasteiger partial charge in [-0.2, -0.15) is 0 Å². The van der Waals surface area contributed by atoms with E-state index in [1.54, 1.807) is 28.4 Å². The Morgan fingerprint density at radius 2 is 1.66 bits per heavy atom. The van der Waals surface area contributed by atoms with E-state index in [0.717, 1.165) is 33.8 Å². The second-order valence-corrected chi connectivity index (χ2v) is 7.39. The lowest BCUT2D eigenvalue weighted by Gasteiger charge is -2.19. The van der Waals surface area contributed by atoms with Crippen molar-refractivity contribution in [3.05, 3.63) is 47.4 Å². The number of aromatic nitrogens is 4. The van der Waals surface area contributed by atoms with Gasteiger partial charge in [0.1, 0.15) is 11.3 Å². The van der Waals surface area contributed by atoms with Crippen molar-refractivity contribution in [1.29, 1.82) is 0 Å². The second-order valence-electron chi connectivity index (χ2n) is 7.39. The lowest BCUT2D eigenvalue weighted by Crippen LogP contribution is -2.08. The van der Waals surface area contributed by atoms with Crippen molar-refractivity contribution in [2.75, 3.05) is 33.8 Å². The number of anilines is 2. The van der Waals surface area contributed by atoms with Crippen LogP contribution in [0.1, 0.15) is 17.1 Å². The monoisotopic (exact) mass is 433 g/mol. The third-order valence-electron chi connectivity index (χ3n) is 5.54. The molecule has 0 amide bonds. The molecule has 2 aromatic heterocycles. The average Bonchev–Trinajstić information content (AvgIpc) is 3.12. The zero-order valence-corrected chi connectivity index (χ0v) is 18.5. The van der Waals surface area contributed by atoms with Crippen LogP contribution in [0, 0.1) is 6.92 Å². The van der Waals surface area contributed by atoms with E-state index in [-0.39, 0.29) is 0 Å². The Hall–Kier alpha value is -4.01. The second kappa shape index (κ2) is 7.60. The van der Waals surface area contributed by atoms with Crippen LogP contribution in [-0.4, -0.2) is 48.0 Å². The molecular formula is C23H23N5O4. The first kappa shape index (κ1) is 19.9. The van der Waals surface area contributed by atoms with Gasteiger partial charge in [0, 0.05) is 29.3 Å². The summed E-state index contributed by atoms with van der Waals surface area (Å²) in [6, 6.07) is 9.52. The standard InChI is InChI=1S/C23H23N5O4/c1-12-24-16-9-14-8-15(11-19(31-4)21(14)32-5)25-23-20(16)28(12)27-22(26-23)13-6-7-17(29-2)18(10-13)30-3/h6-8,10-11H,9H2,1-5H3,(H,25,26,27). The van der Waals surface area contributed by atoms with Crippen molar-refractivity contribution in [2.45, 2.75) is 13.3 Å². The lowest BCUT2D eigenvalue weighted by atomic mass is 10.0. The summed E-state index contributed by atoms with van der Waals surface area (Å²) in [5, 5.41) is 8.20. The summed E-state index contributed by atoms with van der Waals surface area (Å²) in [6.07, 6.45) is 0.568. The van der Waals surface area contributed by atoms with Crippen LogP contribution >= 0.6 is 0 Å². The molecule has 0 unspecified atom stereocenters. The average molecular weight is 433 g/mol. The summed E-state index contributed by atoms with van der Waals surface area (Å²) in [6.45, 7) is 1.93. The summed E-state index contributed by atoms with van der Waals surface area (Å²) < 4.78 is 23.8. The molecule has 1 aliphatic heterocycles. The van der Waals surface area contributed by atoms with E-state index >= 15 is 0 Å². The Morgan fingerprint density at radius 3 is 2.38 bits per heavy atom. The first-order valence-corrected chi connectivity index (χ1v) is 10.1. The Morgan fingerprint density at radius 1 is 0.875 bits per heavy atom. The fraction of sp³-hybridized carbons (Fsp3) is 0.261. The Balaban J connectivity index is 1.71. The van der Waals surface area contributed by atoms with Crippen molar-refractivity contribution < 1.29 is 18.9 Å². The predicted octanol–water partition coefficient (Wildman–Crippen LogP) is 3.78. The van der Waals surface area contributed by atoms with E-state index in [9.17, 15) is 0 Å². The smallest absolute Gasteiger partial charge is 0.182 e. The van der Waals surface area contributed by atoms with Crippen LogP contribution < -0.4 is 24.3 Å². The molecule has 9 heteroatoms. The quantitative estimate of drug-likeness (QED) is 0.448. The molecule has 0 fully saturated rings. The Bertz CT molecular complexity index is 1350. The maximum absolute atomic E-state index is 5.61. The number of hydrogen-bond donors (Lipinski definition) is 1. The van der Waals surface area contributed by atoms with E-state index in [1.165, 1.54) is 0 Å². The third-order valence-corrected chi connectivity index (χ3v) is 5.54. The van der Waals surface area contributed by atoms with Crippen molar-refractivity contribution >= 4 is 17.0 Å². The SMILES string of the molecule is COc1ccc(-c2nc3c4c(nc(C)n4n2)Cc2cc(cc(OC)c2OC)N3)cc1OC. The number of rotatable bonds is 5. The highest BCUT2D eigenvalue weighted by molar-refractivity contribution is 5.80. The van der Waals surface area contributed by atoms with Crippen LogP contribution in [0.5, 0.6) is 23.0 Å². The Kier molecular flexibility index (Phi) is 4.73. The van der Waals surface area contributed by atoms with Gasteiger partial charge in [-0.05, 0) is 31.2 Å². The topological polar surface area (TPSA) is 92.0 Å². The highest BCUT2D eigenvalue weighted by atomic mass is 16.5. The molecule has 164 valence electrons. The van der Waals surface area contributed by atoms with Crippen molar-refractivity contribution in [3.63, 3.8) is 0 Å². The number of hydrogen-bond acceptors (Lipinski definition) is 8. The van der Waals surface area contributed by atoms with E-state index < -0.39 is 0 Å². The molecule has 0 spiro atoms. The molecule has 32 heavy (non-hydrogen) atoms. The van der Waals surface area contributed by atoms with Gasteiger partial charge in [0.15, 0.2) is 34.6 Å². The summed E-state index contributed by atoms with van der Waals surface area (Å²) >= 11 is 0. The van der Waals surface area contributed by atoms with Gasteiger partial charge in [-0.1, -0.05) is 0 Å². The number of nitrogens with zero attached hydrogens (tertiary/aromatic N) is 4. The number of benzene rings is 2. The van der Waals surface area contributed by atoms with Crippen LogP contribution in [-0.2, 0) is 6.42 Å². The molecule has 3 heterocycles. The van der Waals surface area contributed by atoms with Gasteiger partial charge in [0.2, 0.25) is 0 Å². The van der Waals surface area contributed by atoms with Gasteiger partial charge < -0.3 is 24.3 Å². The molecule has 0 aliphatic carbocycles. The normalized spacial score (nSPS) is 12.0. The van der Waals surface area contributed by atoms with Crippen LogP contribution in [0.4, 0.5) is 11.5 Å². The summed E-state index contributed by atoms with van der Waals surface area (Å²) in [4.78, 5) is 9.63. The number of aryl methyl sites for hydroxylation is 1. The largest absolute Gasteiger partial charge is 0.493 e. The summed E-state index contributed by atoms with van der Waals surface area (Å²) in [5.41, 5.74) is 4.32. The minimum absolute atomic E-state index is 0.536. The Labute approximate surface area is 184 Å². The van der Waals surface area contributed by atoms with E-state index in [1.807, 2.05) is 41.8 Å². The third kappa shape index (κ3) is 3.05. The van der Waals surface area contributed by atoms with Crippen LogP contribution in [0.2, 0.25) is 0 Å². The molecule has 0 saturated carbocycles. The highest BCUT2D eigenvalue weighted by Crippen LogP contribution is 2.40. The van der Waals surface area contributed by atoms with Gasteiger partial charge in [-0.15, -0.1) is 5.10 Å². The van der Waals surface area contributed by atoms with E-state index in [2.05, 4.69) is 5.32 Å². The molecule has 9 nitrogen and oxygen atoms in total. The number of imidazole rings is 1. The van der Waals surface area contributed by atoms with Crippen molar-refractivity contribution in [1.82, 2.24) is 19.6 Å². The van der Waals surface area contributed by atoms with E-state index in [4.69, 9.17) is 34.0 Å². The maximum atomic E-state index is 5.61. The molecule has 0 atom stereocenters. The van der Waals surface area contributed by atoms with Gasteiger partial charge in [-0.25, -0.2) is 14.5 Å². The fourth-order valence-electron chi connectivity index (χ4n) is 4.09. The molecule has 2 bridgehead atoms. The summed E-state index contributed by atoms with van der Waals surface area (Å²) in [7, 11) is 6.47. The van der Waals surface area contributed by atoms with Gasteiger partial charge >= 0.3 is 0 Å². The van der Waals surface area contributed by atoms with Crippen molar-refractivity contribution in [2.24, 2.45) is 0 Å². The lowest BCUT2D eigenvalue weighted by molar-refractivity contribution is 0.352. The minimum Gasteiger partial charge on any atom is -0.493 e. The zero-order chi connectivity index (χ0) is 22.4. The predicted molar refractivity (Wildman–Crippen MR) is 120 cm³/mol. The zero-order valence-electron chi connectivity index (χ0n) is 18.5. The van der Waals surface area contributed by atoms with Gasteiger partial charge in [-0.3, -0.25) is 0 Å². The fourth-order valence-corrected chi connectivity index (χ4v) is 4.09. The number of ether oxygens (including phenoxy) is 4. The van der Waals surface area contributed by atoms with Gasteiger partial charge in [0.25, 0.3) is 0 Å². The molecule has 1 aliphatic rings. The molecule has 0 radical (unpaired) electrons. The maximum Gasteiger partial charge on any atom is 0.182 e. The first-order valence-electron chi connectivity index (χ1n) is 10.1. The molecule has 1 N–H and O–H groups in total. The van der Waals surface area contributed by atoms with Crippen molar-refractivity contribution in [3.8, 4) is 34.4 Å². The molecular weight excluding hydrogens is 410 g/mol. The molecule has 5 rings (SSSR count). The summed E-state index contributed by atoms with van der Waals surface area (Å²) in [5.74, 6) is 4.57. The van der Waals surface area contributed by atoms with Crippen LogP contribution in [0.3, 0.4) is 0 Å².